The molecule has 3 heterocycles. The number of carbonyl (C=O) groups is 2. The molecular formula is C17H11ClF6N4O3. The smallest absolute Gasteiger partial charge is 0.430 e. The van der Waals surface area contributed by atoms with E-state index in [4.69, 9.17) is 21.5 Å². The van der Waals surface area contributed by atoms with Crippen molar-refractivity contribution in [2.24, 2.45) is 0 Å². The lowest BCUT2D eigenvalue weighted by Gasteiger charge is -2.19. The molecule has 1 unspecified atom stereocenters. The van der Waals surface area contributed by atoms with Gasteiger partial charge < -0.3 is 15.2 Å². The summed E-state index contributed by atoms with van der Waals surface area (Å²) in [6.07, 6.45) is -7.13. The van der Waals surface area contributed by atoms with Crippen LogP contribution in [0.1, 0.15) is 22.4 Å². The van der Waals surface area contributed by atoms with Gasteiger partial charge in [-0.3, -0.25) is 9.78 Å². The van der Waals surface area contributed by atoms with Gasteiger partial charge in [-0.15, -0.1) is 0 Å². The minimum absolute atomic E-state index is 0.110. The molecular weight excluding hydrogens is 458 g/mol. The first-order valence-corrected chi connectivity index (χ1v) is 8.44. The van der Waals surface area contributed by atoms with Gasteiger partial charge >= 0.3 is 24.1 Å². The highest BCUT2D eigenvalue weighted by molar-refractivity contribution is 6.32. The number of hydrogen-bond donors (Lipinski definition) is 2. The number of aromatic amines is 1. The first kappa shape index (κ1) is 23.9. The van der Waals surface area contributed by atoms with Crippen molar-refractivity contribution in [3.8, 4) is 0 Å². The number of amides is 1. The molecule has 31 heavy (non-hydrogen) atoms. The van der Waals surface area contributed by atoms with Crippen molar-refractivity contribution >= 4 is 29.0 Å². The second-order valence-electron chi connectivity index (χ2n) is 5.73. The number of nitrogens with one attached hydrogen (secondary N) is 2. The highest BCUT2D eigenvalue weighted by Crippen LogP contribution is 2.31. The van der Waals surface area contributed by atoms with E-state index >= 15 is 0 Å². The Morgan fingerprint density at radius 2 is 1.71 bits per heavy atom. The van der Waals surface area contributed by atoms with Crippen molar-refractivity contribution in [1.82, 2.24) is 15.3 Å². The summed E-state index contributed by atoms with van der Waals surface area (Å²) in [5.41, 5.74) is 0.177. The molecule has 0 spiro atoms. The Morgan fingerprint density at radius 3 is 2.23 bits per heavy atom. The topological polar surface area (TPSA) is 102 Å². The highest BCUT2D eigenvalue weighted by atomic mass is 35.5. The van der Waals surface area contributed by atoms with Crippen LogP contribution in [0.3, 0.4) is 0 Å². The highest BCUT2D eigenvalue weighted by Gasteiger charge is 2.44. The third-order valence-electron chi connectivity index (χ3n) is 3.59. The van der Waals surface area contributed by atoms with Gasteiger partial charge in [-0.1, -0.05) is 12.1 Å². The summed E-state index contributed by atoms with van der Waals surface area (Å²) < 4.78 is 72.8. The number of imidazole rings is 1. The van der Waals surface area contributed by atoms with Gasteiger partial charge in [0, 0.05) is 6.20 Å². The zero-order valence-corrected chi connectivity index (χ0v) is 15.7. The van der Waals surface area contributed by atoms with E-state index in [1.54, 1.807) is 18.2 Å². The van der Waals surface area contributed by atoms with Crippen LogP contribution in [0.25, 0.3) is 5.52 Å². The zero-order valence-electron chi connectivity index (χ0n) is 15.0. The Morgan fingerprint density at radius 1 is 1.10 bits per heavy atom. The van der Waals surface area contributed by atoms with Crippen molar-refractivity contribution in [3.05, 3.63) is 65.5 Å². The molecule has 7 nitrogen and oxygen atoms in total. The number of aliphatic carboxylic acids is 1. The largest absolute Gasteiger partial charge is 0.542 e. The molecule has 3 aromatic rings. The number of alkyl halides is 6. The minimum Gasteiger partial charge on any atom is -0.542 e. The van der Waals surface area contributed by atoms with Gasteiger partial charge in [0.05, 0.1) is 11.9 Å². The number of rotatable bonds is 3. The maximum absolute atomic E-state index is 13.3. The van der Waals surface area contributed by atoms with Gasteiger partial charge in [-0.2, -0.15) is 30.7 Å². The Bertz CT molecular complexity index is 1070. The number of H-pyrrole nitrogens is 1. The minimum atomic E-state index is -5.19. The SMILES string of the molecule is O=C(NC(c1ccccn1)C(F)(F)F)c1[nH]c(Cl)c2cccc[n+]12.O=C([O-])C(F)(F)F. The lowest BCUT2D eigenvalue weighted by molar-refractivity contribution is -0.514. The molecule has 0 aromatic carbocycles. The number of pyridine rings is 2. The molecule has 0 aliphatic rings. The average Bonchev–Trinajstić information content (AvgIpc) is 3.02. The third-order valence-corrected chi connectivity index (χ3v) is 3.87. The summed E-state index contributed by atoms with van der Waals surface area (Å²) in [6, 6.07) is 6.85. The number of carboxylic acid groups (broad SMARTS) is 1. The van der Waals surface area contributed by atoms with E-state index in [1.165, 1.54) is 35.0 Å². The molecule has 3 rings (SSSR count). The first-order chi connectivity index (χ1) is 14.3. The van der Waals surface area contributed by atoms with Crippen molar-refractivity contribution in [2.45, 2.75) is 18.4 Å². The first-order valence-electron chi connectivity index (χ1n) is 8.07. The fourth-order valence-electron chi connectivity index (χ4n) is 2.28. The van der Waals surface area contributed by atoms with E-state index in [0.717, 1.165) is 0 Å². The fourth-order valence-corrected chi connectivity index (χ4v) is 2.52. The summed E-state index contributed by atoms with van der Waals surface area (Å²) >= 11 is 5.97. The lowest BCUT2D eigenvalue weighted by Crippen LogP contribution is -2.42. The fraction of sp³-hybridized carbons (Fsp3) is 0.176. The van der Waals surface area contributed by atoms with E-state index in [9.17, 15) is 31.1 Å². The number of hydrogen-bond acceptors (Lipinski definition) is 4. The van der Waals surface area contributed by atoms with Crippen molar-refractivity contribution in [1.29, 1.82) is 0 Å². The summed E-state index contributed by atoms with van der Waals surface area (Å²) in [5.74, 6) is -4.07. The number of fused-ring (bicyclic) bond motifs is 1. The molecule has 166 valence electrons. The number of nitrogens with zero attached hydrogens (tertiary/aromatic N) is 2. The van der Waals surface area contributed by atoms with E-state index in [2.05, 4.69) is 9.97 Å². The molecule has 1 atom stereocenters. The summed E-state index contributed by atoms with van der Waals surface area (Å²) in [6.45, 7) is 0. The van der Waals surface area contributed by atoms with Crippen molar-refractivity contribution < 1.29 is 45.4 Å². The summed E-state index contributed by atoms with van der Waals surface area (Å²) in [5, 5.41) is 10.9. The Kier molecular flexibility index (Phi) is 7.10. The standard InChI is InChI=1S/C15H10ClF3N4O.C2HF3O2/c16-12-10-6-2-4-8-23(10)13(22-12)14(24)21-11(15(17,18)19)9-5-1-3-7-20-9;3-2(4,5)1(6)7/h1-8,11H,(H,21,24);(H,6,7). The van der Waals surface area contributed by atoms with Crippen LogP contribution in [0, 0.1) is 0 Å². The van der Waals surface area contributed by atoms with Crippen LogP contribution in [0.15, 0.2) is 48.8 Å². The Labute approximate surface area is 174 Å². The van der Waals surface area contributed by atoms with E-state index < -0.39 is 30.3 Å². The predicted octanol–water partition coefficient (Wildman–Crippen LogP) is 2.13. The van der Waals surface area contributed by atoms with Crippen LogP contribution < -0.4 is 14.8 Å². The molecule has 0 fully saturated rings. The molecule has 0 bridgehead atoms. The number of carbonyl (C=O) groups excluding carboxylic acids is 2. The van der Waals surface area contributed by atoms with Gasteiger partial charge in [-0.05, 0) is 35.9 Å². The predicted molar refractivity (Wildman–Crippen MR) is 90.5 cm³/mol. The normalized spacial score (nSPS) is 12.6. The van der Waals surface area contributed by atoms with Gasteiger partial charge in [0.25, 0.3) is 0 Å². The Hall–Kier alpha value is -3.35. The summed E-state index contributed by atoms with van der Waals surface area (Å²) in [7, 11) is 0. The molecule has 2 N–H and O–H groups in total. The van der Waals surface area contributed by atoms with Crippen LogP contribution in [0.4, 0.5) is 26.3 Å². The molecule has 0 aliphatic carbocycles. The van der Waals surface area contributed by atoms with Crippen molar-refractivity contribution in [2.75, 3.05) is 0 Å². The third kappa shape index (κ3) is 6.07. The van der Waals surface area contributed by atoms with E-state index in [-0.39, 0.29) is 16.7 Å². The quantitative estimate of drug-likeness (QED) is 0.454. The van der Waals surface area contributed by atoms with Gasteiger partial charge in [-0.25, -0.2) is 4.98 Å². The Balaban J connectivity index is 0.000000423. The second-order valence-corrected chi connectivity index (χ2v) is 6.11. The second kappa shape index (κ2) is 9.20. The molecule has 0 radical (unpaired) electrons. The lowest BCUT2D eigenvalue weighted by atomic mass is 10.1. The molecule has 0 aliphatic heterocycles. The number of aromatic nitrogens is 3. The van der Waals surface area contributed by atoms with Crippen LogP contribution in [-0.4, -0.2) is 34.2 Å². The number of carboxylic acids is 1. The molecule has 0 saturated carbocycles. The maximum atomic E-state index is 13.3. The number of halogens is 7. The maximum Gasteiger partial charge on any atom is 0.430 e. The average molecular weight is 469 g/mol. The molecule has 14 heteroatoms. The monoisotopic (exact) mass is 468 g/mol. The molecule has 1 amide bonds. The van der Waals surface area contributed by atoms with Crippen LogP contribution in [-0.2, 0) is 4.79 Å². The molecule has 0 saturated heterocycles. The van der Waals surface area contributed by atoms with Gasteiger partial charge in [0.2, 0.25) is 5.15 Å². The molecule has 3 aromatic heterocycles. The van der Waals surface area contributed by atoms with E-state index in [1.807, 2.05) is 5.32 Å². The van der Waals surface area contributed by atoms with Gasteiger partial charge in [0.1, 0.15) is 5.97 Å². The zero-order chi connectivity index (χ0) is 23.4. The van der Waals surface area contributed by atoms with Crippen LogP contribution >= 0.6 is 11.6 Å². The van der Waals surface area contributed by atoms with Crippen LogP contribution in [0.2, 0.25) is 5.15 Å². The van der Waals surface area contributed by atoms with Crippen LogP contribution in [0.5, 0.6) is 0 Å². The van der Waals surface area contributed by atoms with Gasteiger partial charge in [0.15, 0.2) is 11.6 Å². The van der Waals surface area contributed by atoms with E-state index in [0.29, 0.717) is 5.52 Å². The summed E-state index contributed by atoms with van der Waals surface area (Å²) in [4.78, 5) is 27.4. The van der Waals surface area contributed by atoms with Crippen molar-refractivity contribution in [3.63, 3.8) is 0 Å².